The molecule has 3 aromatic carbocycles. The molecule has 0 bridgehead atoms. The van der Waals surface area contributed by atoms with E-state index in [1.54, 1.807) is 42.5 Å². The van der Waals surface area contributed by atoms with Gasteiger partial charge >= 0.3 is 0 Å². The maximum Gasteiger partial charge on any atom is 0.255 e. The van der Waals surface area contributed by atoms with Crippen molar-refractivity contribution in [1.29, 1.82) is 0 Å². The Bertz CT molecular complexity index is 1260. The molecule has 1 N–H and O–H groups in total. The number of imide groups is 1. The van der Waals surface area contributed by atoms with Crippen molar-refractivity contribution in [2.45, 2.75) is 25.2 Å². The summed E-state index contributed by atoms with van der Waals surface area (Å²) in [5, 5.41) is 3.51. The number of fused-ring (bicyclic) bond motifs is 1. The van der Waals surface area contributed by atoms with E-state index in [9.17, 15) is 14.4 Å². The molecular weight excluding hydrogens is 471 g/mol. The molecule has 5 rings (SSSR count). The number of carbonyl (C=O) groups excluding carboxylic acids is 3. The lowest BCUT2D eigenvalue weighted by molar-refractivity contribution is -0.122. The first kappa shape index (κ1) is 22.6. The first-order chi connectivity index (χ1) is 16.4. The maximum atomic E-state index is 13.2. The number of benzene rings is 3. The van der Waals surface area contributed by atoms with E-state index in [2.05, 4.69) is 17.4 Å². The number of nitrogens with zero attached hydrogens (tertiary/aromatic N) is 1. The van der Waals surface area contributed by atoms with Crippen molar-refractivity contribution in [1.82, 2.24) is 0 Å². The summed E-state index contributed by atoms with van der Waals surface area (Å²) in [6, 6.07) is 21.5. The lowest BCUT2D eigenvalue weighted by Crippen LogP contribution is -2.30. The van der Waals surface area contributed by atoms with Crippen LogP contribution in [0, 0.1) is 11.8 Å². The predicted octanol–water partition coefficient (Wildman–Crippen LogP) is 6.32. The van der Waals surface area contributed by atoms with Crippen molar-refractivity contribution in [2.75, 3.05) is 10.2 Å². The van der Waals surface area contributed by atoms with E-state index in [-0.39, 0.29) is 35.5 Å². The first-order valence-electron chi connectivity index (χ1n) is 11.2. The Labute approximate surface area is 207 Å². The van der Waals surface area contributed by atoms with Gasteiger partial charge in [0.2, 0.25) is 11.8 Å². The minimum absolute atomic E-state index is 0.144. The van der Waals surface area contributed by atoms with Crippen LogP contribution in [0.3, 0.4) is 0 Å². The molecule has 1 saturated carbocycles. The first-order valence-corrected chi connectivity index (χ1v) is 12.0. The molecule has 3 atom stereocenters. The number of carbonyl (C=O) groups is 3. The molecule has 1 saturated heterocycles. The molecule has 3 amide bonds. The number of amides is 3. The molecule has 172 valence electrons. The third-order valence-corrected chi connectivity index (χ3v) is 7.50. The van der Waals surface area contributed by atoms with Crippen LogP contribution in [0.25, 0.3) is 0 Å². The van der Waals surface area contributed by atoms with E-state index >= 15 is 0 Å². The van der Waals surface area contributed by atoms with Crippen molar-refractivity contribution in [3.63, 3.8) is 0 Å². The Hall–Kier alpha value is -3.15. The van der Waals surface area contributed by atoms with Crippen LogP contribution >= 0.6 is 23.2 Å². The highest BCUT2D eigenvalue weighted by Crippen LogP contribution is 2.45. The number of rotatable bonds is 4. The van der Waals surface area contributed by atoms with Crippen LogP contribution in [0.1, 0.15) is 41.1 Å². The van der Waals surface area contributed by atoms with Crippen molar-refractivity contribution < 1.29 is 14.4 Å². The molecular formula is C27H22Cl2N2O3. The molecule has 1 heterocycles. The maximum absolute atomic E-state index is 13.2. The highest BCUT2D eigenvalue weighted by Gasteiger charge is 2.50. The van der Waals surface area contributed by atoms with Gasteiger partial charge in [0.1, 0.15) is 0 Å². The Morgan fingerprint density at radius 1 is 0.824 bits per heavy atom. The van der Waals surface area contributed by atoms with E-state index in [1.165, 1.54) is 10.5 Å². The largest absolute Gasteiger partial charge is 0.322 e. The number of halogens is 2. The monoisotopic (exact) mass is 492 g/mol. The highest BCUT2D eigenvalue weighted by molar-refractivity contribution is 6.42. The summed E-state index contributed by atoms with van der Waals surface area (Å²) in [5.74, 6) is -0.915. The van der Waals surface area contributed by atoms with Crippen LogP contribution in [0.15, 0.2) is 72.8 Å². The Kier molecular flexibility index (Phi) is 6.15. The Morgan fingerprint density at radius 3 is 2.24 bits per heavy atom. The van der Waals surface area contributed by atoms with Crippen LogP contribution < -0.4 is 10.2 Å². The molecule has 0 spiro atoms. The number of hydrogen-bond donors (Lipinski definition) is 1. The fourth-order valence-corrected chi connectivity index (χ4v) is 5.30. The van der Waals surface area contributed by atoms with Crippen LogP contribution in [0.4, 0.5) is 11.4 Å². The average molecular weight is 493 g/mol. The normalized spacial score (nSPS) is 21.9. The SMILES string of the molecule is O=C(Nc1ccc(Cl)c(Cl)c1)c1ccc(N2C(=O)C3CCC(c4ccccc4)CC3C2=O)cc1. The zero-order chi connectivity index (χ0) is 23.8. The zero-order valence-electron chi connectivity index (χ0n) is 18.2. The topological polar surface area (TPSA) is 66.5 Å². The van der Waals surface area contributed by atoms with Gasteiger partial charge in [0.25, 0.3) is 5.91 Å². The predicted molar refractivity (Wildman–Crippen MR) is 133 cm³/mol. The van der Waals surface area contributed by atoms with Crippen LogP contribution in [-0.4, -0.2) is 17.7 Å². The van der Waals surface area contributed by atoms with Crippen LogP contribution in [0.5, 0.6) is 0 Å². The second-order valence-electron chi connectivity index (χ2n) is 8.78. The molecule has 1 aliphatic heterocycles. The van der Waals surface area contributed by atoms with Gasteiger partial charge in [-0.3, -0.25) is 19.3 Å². The second-order valence-corrected chi connectivity index (χ2v) is 9.59. The summed E-state index contributed by atoms with van der Waals surface area (Å²) in [4.78, 5) is 40.3. The van der Waals surface area contributed by atoms with Crippen molar-refractivity contribution in [2.24, 2.45) is 11.8 Å². The Balaban J connectivity index is 1.30. The van der Waals surface area contributed by atoms with Gasteiger partial charge in [-0.15, -0.1) is 0 Å². The number of anilines is 2. The average Bonchev–Trinajstić information content (AvgIpc) is 3.11. The van der Waals surface area contributed by atoms with Gasteiger partial charge < -0.3 is 5.32 Å². The lowest BCUT2D eigenvalue weighted by Gasteiger charge is -2.28. The van der Waals surface area contributed by atoms with Gasteiger partial charge in [-0.1, -0.05) is 53.5 Å². The van der Waals surface area contributed by atoms with E-state index in [4.69, 9.17) is 23.2 Å². The smallest absolute Gasteiger partial charge is 0.255 e. The van der Waals surface area contributed by atoms with Gasteiger partial charge in [0.05, 0.1) is 27.6 Å². The van der Waals surface area contributed by atoms with Gasteiger partial charge in [-0.25, -0.2) is 0 Å². The molecule has 7 heteroatoms. The minimum atomic E-state index is -0.330. The molecule has 2 fully saturated rings. The lowest BCUT2D eigenvalue weighted by atomic mass is 9.73. The molecule has 0 radical (unpaired) electrons. The van der Waals surface area contributed by atoms with Gasteiger partial charge in [0, 0.05) is 11.3 Å². The number of nitrogens with one attached hydrogen (secondary N) is 1. The molecule has 34 heavy (non-hydrogen) atoms. The van der Waals surface area contributed by atoms with E-state index in [0.717, 1.165) is 6.42 Å². The summed E-state index contributed by atoms with van der Waals surface area (Å²) in [7, 11) is 0. The third kappa shape index (κ3) is 4.22. The fourth-order valence-electron chi connectivity index (χ4n) is 5.00. The highest BCUT2D eigenvalue weighted by atomic mass is 35.5. The summed E-state index contributed by atoms with van der Waals surface area (Å²) < 4.78 is 0. The van der Waals surface area contributed by atoms with E-state index < -0.39 is 0 Å². The number of hydrogen-bond acceptors (Lipinski definition) is 3. The van der Waals surface area contributed by atoms with Gasteiger partial charge in [-0.2, -0.15) is 0 Å². The molecule has 2 aliphatic rings. The van der Waals surface area contributed by atoms with Crippen molar-refractivity contribution in [3.8, 4) is 0 Å². The zero-order valence-corrected chi connectivity index (χ0v) is 19.7. The van der Waals surface area contributed by atoms with Gasteiger partial charge in [0.15, 0.2) is 0 Å². The molecule has 0 aromatic heterocycles. The van der Waals surface area contributed by atoms with Crippen LogP contribution in [-0.2, 0) is 9.59 Å². The van der Waals surface area contributed by atoms with Crippen molar-refractivity contribution >= 4 is 52.3 Å². The van der Waals surface area contributed by atoms with E-state index in [1.807, 2.05) is 18.2 Å². The molecule has 1 aliphatic carbocycles. The quantitative estimate of drug-likeness (QED) is 0.433. The fraction of sp³-hybridized carbons (Fsp3) is 0.222. The summed E-state index contributed by atoms with van der Waals surface area (Å²) in [6.07, 6.45) is 2.28. The second kappa shape index (κ2) is 9.24. The van der Waals surface area contributed by atoms with Crippen molar-refractivity contribution in [3.05, 3.63) is 94.0 Å². The summed E-state index contributed by atoms with van der Waals surface area (Å²) in [6.45, 7) is 0. The Morgan fingerprint density at radius 2 is 1.53 bits per heavy atom. The molecule has 3 aromatic rings. The standard InChI is InChI=1S/C27H22Cl2N2O3/c28-23-13-9-19(15-24(23)29)30-25(32)17-6-10-20(11-7-17)31-26(33)21-12-8-18(14-22(21)27(31)34)16-4-2-1-3-5-16/h1-7,9-11,13,15,18,21-22H,8,12,14H2,(H,30,32). The van der Waals surface area contributed by atoms with Crippen LogP contribution in [0.2, 0.25) is 10.0 Å². The summed E-state index contributed by atoms with van der Waals surface area (Å²) >= 11 is 11.9. The van der Waals surface area contributed by atoms with Gasteiger partial charge in [-0.05, 0) is 73.2 Å². The minimum Gasteiger partial charge on any atom is -0.322 e. The third-order valence-electron chi connectivity index (χ3n) is 6.76. The molecule has 3 unspecified atom stereocenters. The summed E-state index contributed by atoms with van der Waals surface area (Å²) in [5.41, 5.74) is 2.63. The molecule has 5 nitrogen and oxygen atoms in total. The van der Waals surface area contributed by atoms with E-state index in [0.29, 0.717) is 39.8 Å².